The Morgan fingerprint density at radius 1 is 0.260 bits per heavy atom. The molecule has 5 heteroatoms. The molecule has 4 heterocycles. The van der Waals surface area contributed by atoms with Gasteiger partial charge in [-0.1, -0.05) is 0 Å². The molecule has 0 atom stereocenters. The van der Waals surface area contributed by atoms with Crippen LogP contribution in [0, 0.1) is 0 Å². The van der Waals surface area contributed by atoms with Crippen LogP contribution in [0.15, 0.2) is 284 Å². The average molecular weight is 1000 g/mol. The van der Waals surface area contributed by atoms with Crippen molar-refractivity contribution in [2.45, 2.75) is 12.8 Å². The number of aromatic nitrogens is 4. The first kappa shape index (κ1) is 43.7. The number of nitrogens with zero attached hydrogens (tertiary/aromatic N) is 4. The monoisotopic (exact) mass is 999 g/mol. The van der Waals surface area contributed by atoms with Crippen molar-refractivity contribution in [3.05, 3.63) is 284 Å². The van der Waals surface area contributed by atoms with Gasteiger partial charge >= 0.3 is 449 Å². The summed E-state index contributed by atoms with van der Waals surface area (Å²) in [5, 5.41) is 15.6. The van der Waals surface area contributed by atoms with Crippen molar-refractivity contribution in [3.63, 3.8) is 0 Å². The summed E-state index contributed by atoms with van der Waals surface area (Å²) in [6.45, 7) is 0. The predicted molar refractivity (Wildman–Crippen MR) is 329 cm³/mol. The molecule has 11 aromatic carbocycles. The van der Waals surface area contributed by atoms with Crippen LogP contribution in [0.3, 0.4) is 0 Å². The third-order valence-corrected chi connectivity index (χ3v) is 22.7. The average Bonchev–Trinajstić information content (AvgIpc) is 4.30. The van der Waals surface area contributed by atoms with Gasteiger partial charge in [0.05, 0.1) is 0 Å². The van der Waals surface area contributed by atoms with Crippen molar-refractivity contribution < 1.29 is 0 Å². The molecular formula is C72H51N4Si-. The van der Waals surface area contributed by atoms with Crippen LogP contribution in [-0.2, 0) is 0 Å². The fourth-order valence-corrected chi connectivity index (χ4v) is 19.9. The Kier molecular flexibility index (Phi) is 9.75. The van der Waals surface area contributed by atoms with Crippen molar-refractivity contribution in [2.75, 3.05) is 0 Å². The van der Waals surface area contributed by atoms with E-state index in [1.54, 1.807) is 0 Å². The van der Waals surface area contributed by atoms with Crippen LogP contribution in [0.2, 0.25) is 0 Å². The van der Waals surface area contributed by atoms with E-state index in [9.17, 15) is 0 Å². The second-order valence-electron chi connectivity index (χ2n) is 21.0. The van der Waals surface area contributed by atoms with Gasteiger partial charge < -0.3 is 0 Å². The molecule has 0 saturated carbocycles. The Hall–Kier alpha value is -9.68. The quantitative estimate of drug-likeness (QED) is 0.107. The molecule has 0 amide bonds. The molecule has 4 aromatic heterocycles. The molecule has 0 N–H and O–H groups in total. The van der Waals surface area contributed by atoms with E-state index in [0.717, 1.165) is 35.6 Å². The Labute approximate surface area is 446 Å². The zero-order valence-electron chi connectivity index (χ0n) is 42.3. The molecule has 77 heavy (non-hydrogen) atoms. The summed E-state index contributed by atoms with van der Waals surface area (Å²) in [6, 6.07) is 98.6. The van der Waals surface area contributed by atoms with Crippen LogP contribution in [-0.4, -0.2) is 26.3 Å². The number of hydrogen-bond acceptors (Lipinski definition) is 0. The minimum absolute atomic E-state index is 0.949. The number of rotatable bonds is 8. The third-order valence-electron chi connectivity index (χ3n) is 17.1. The van der Waals surface area contributed by atoms with Gasteiger partial charge in [-0.05, 0) is 0 Å². The fraction of sp³-hybridized carbons (Fsp3) is 0.0278. The van der Waals surface area contributed by atoms with Crippen molar-refractivity contribution in [2.24, 2.45) is 0 Å². The van der Waals surface area contributed by atoms with Crippen LogP contribution in [0.4, 0.5) is 0 Å². The second kappa shape index (κ2) is 17.2. The summed E-state index contributed by atoms with van der Waals surface area (Å²) in [6.07, 6.45) is 9.12. The number of para-hydroxylation sites is 8. The van der Waals surface area contributed by atoms with Crippen molar-refractivity contribution in [1.82, 2.24) is 18.3 Å². The van der Waals surface area contributed by atoms with E-state index in [1.807, 2.05) is 0 Å². The fourth-order valence-electron chi connectivity index (χ4n) is 14.0. The molecule has 1 aliphatic carbocycles. The van der Waals surface area contributed by atoms with Crippen LogP contribution >= 0.6 is 0 Å². The van der Waals surface area contributed by atoms with Gasteiger partial charge in [0.25, 0.3) is 0 Å². The SMILES string of the molecule is C1=CCCC([SiH-](c2ccccc2)(c2cc(-n3c4ccccc4c4ccccc43)cc(-n3c4ccccc4c4ccccc43)c2)c2cc(-n3c4ccccc4c4ccccc43)cc(-n3c4ccccc4c4ccccc43)c2)=C1. The summed E-state index contributed by atoms with van der Waals surface area (Å²) in [5.41, 5.74) is 14.1. The molecule has 0 fully saturated rings. The summed E-state index contributed by atoms with van der Waals surface area (Å²) < 4.78 is 10.1. The van der Waals surface area contributed by atoms with Crippen LogP contribution in [0.5, 0.6) is 0 Å². The molecule has 4 nitrogen and oxygen atoms in total. The number of benzene rings is 11. The number of hydrogen-bond donors (Lipinski definition) is 0. The van der Waals surface area contributed by atoms with E-state index in [1.165, 1.54) is 108 Å². The normalized spacial score (nSPS) is 13.3. The molecule has 0 saturated heterocycles. The Bertz CT molecular complexity index is 4190. The molecule has 364 valence electrons. The van der Waals surface area contributed by atoms with E-state index in [0.29, 0.717) is 0 Å². The maximum atomic E-state index is 2.60. The van der Waals surface area contributed by atoms with Gasteiger partial charge in [-0.2, -0.15) is 0 Å². The van der Waals surface area contributed by atoms with E-state index in [2.05, 4.69) is 297 Å². The first-order chi connectivity index (χ1) is 38.2. The topological polar surface area (TPSA) is 19.7 Å². The van der Waals surface area contributed by atoms with E-state index < -0.39 is 8.07 Å². The van der Waals surface area contributed by atoms with Crippen molar-refractivity contribution in [3.8, 4) is 22.7 Å². The van der Waals surface area contributed by atoms with E-state index in [-0.39, 0.29) is 0 Å². The van der Waals surface area contributed by atoms with Crippen molar-refractivity contribution >= 4 is 111 Å². The molecular weight excluding hydrogens is 949 g/mol. The van der Waals surface area contributed by atoms with Crippen molar-refractivity contribution in [1.29, 1.82) is 0 Å². The van der Waals surface area contributed by atoms with Crippen LogP contribution < -0.4 is 15.6 Å². The zero-order valence-corrected chi connectivity index (χ0v) is 43.5. The van der Waals surface area contributed by atoms with Gasteiger partial charge in [0, 0.05) is 0 Å². The van der Waals surface area contributed by atoms with Crippen LogP contribution in [0.1, 0.15) is 12.8 Å². The standard InChI is InChI=1S/C72H51N4Si/c1-3-23-53(24-4-1)77(54-25-5-2-6-26-54,55-45-49(73-65-35-15-7-27-57(65)58-28-8-16-36-66(58)73)43-50(46-55)74-67-37-17-9-29-59(67)60-30-10-18-38-68(60)74)56-47-51(75-69-39-19-11-31-61(69)62-32-12-20-40-70(62)75)44-52(48-56)76-71-41-21-13-33-63(71)64-34-14-22-42-72(64)76/h1-5,7-25,27-48,77H,6,26H2/q-1. The first-order valence-electron chi connectivity index (χ1n) is 27.0. The summed E-state index contributed by atoms with van der Waals surface area (Å²) in [7, 11) is -3.89. The van der Waals surface area contributed by atoms with Gasteiger partial charge in [-0.3, -0.25) is 0 Å². The maximum absolute atomic E-state index is 3.89. The van der Waals surface area contributed by atoms with E-state index in [4.69, 9.17) is 0 Å². The van der Waals surface area contributed by atoms with Gasteiger partial charge in [0.15, 0.2) is 0 Å². The molecule has 1 aliphatic rings. The minimum atomic E-state index is -3.89. The number of fused-ring (bicyclic) bond motifs is 12. The van der Waals surface area contributed by atoms with Gasteiger partial charge in [-0.15, -0.1) is 0 Å². The molecule has 16 rings (SSSR count). The molecule has 0 spiro atoms. The molecule has 0 aliphatic heterocycles. The zero-order chi connectivity index (χ0) is 50.6. The summed E-state index contributed by atoms with van der Waals surface area (Å²) in [4.78, 5) is 0. The molecule has 15 aromatic rings. The first-order valence-corrected chi connectivity index (χ1v) is 29.4. The Morgan fingerprint density at radius 3 is 0.779 bits per heavy atom. The Morgan fingerprint density at radius 2 is 0.519 bits per heavy atom. The second-order valence-corrected chi connectivity index (χ2v) is 25.5. The van der Waals surface area contributed by atoms with Gasteiger partial charge in [0.1, 0.15) is 0 Å². The van der Waals surface area contributed by atoms with Gasteiger partial charge in [-0.25, -0.2) is 0 Å². The summed E-state index contributed by atoms with van der Waals surface area (Å²) in [5.74, 6) is 0. The van der Waals surface area contributed by atoms with Gasteiger partial charge in [0.2, 0.25) is 0 Å². The summed E-state index contributed by atoms with van der Waals surface area (Å²) >= 11 is 0. The number of allylic oxidation sites excluding steroid dienone is 4. The third kappa shape index (κ3) is 6.44. The Balaban J connectivity index is 1.11. The van der Waals surface area contributed by atoms with Crippen LogP contribution in [0.25, 0.3) is 110 Å². The molecule has 0 unspecified atom stereocenters. The predicted octanol–water partition coefficient (Wildman–Crippen LogP) is 16.1. The molecule has 0 bridgehead atoms. The molecule has 0 radical (unpaired) electrons. The van der Waals surface area contributed by atoms with E-state index >= 15 is 0 Å².